The third-order valence-electron chi connectivity index (χ3n) is 7.02. The molecule has 0 saturated carbocycles. The summed E-state index contributed by atoms with van der Waals surface area (Å²) in [6.07, 6.45) is 0. The Labute approximate surface area is 211 Å². The van der Waals surface area contributed by atoms with Crippen LogP contribution in [0.15, 0.2) is 76.3 Å². The topological polar surface area (TPSA) is 111 Å². The molecule has 3 N–H and O–H groups in total. The molecule has 2 aromatic heterocycles. The molecule has 0 saturated heterocycles. The lowest BCUT2D eigenvalue weighted by atomic mass is 9.99. The van der Waals surface area contributed by atoms with E-state index in [1.807, 2.05) is 53.1 Å². The van der Waals surface area contributed by atoms with Crippen LogP contribution in [0.3, 0.4) is 0 Å². The van der Waals surface area contributed by atoms with Gasteiger partial charge in [-0.25, -0.2) is 4.79 Å². The monoisotopic (exact) mass is 496 g/mol. The number of nitrogens with one attached hydrogen (secondary N) is 1. The Morgan fingerprint density at radius 1 is 0.892 bits per heavy atom. The van der Waals surface area contributed by atoms with E-state index >= 15 is 0 Å². The Morgan fingerprint density at radius 3 is 2.32 bits per heavy atom. The molecule has 1 aliphatic heterocycles. The molecule has 186 valence electrons. The number of para-hydroxylation sites is 2. The van der Waals surface area contributed by atoms with E-state index in [9.17, 15) is 19.8 Å². The van der Waals surface area contributed by atoms with Gasteiger partial charge in [0.25, 0.3) is 5.56 Å². The maximum atomic E-state index is 13.7. The number of hydrogen-bond donors (Lipinski definition) is 3. The molecule has 9 nitrogen and oxygen atoms in total. The van der Waals surface area contributed by atoms with E-state index in [4.69, 9.17) is 4.74 Å². The summed E-state index contributed by atoms with van der Waals surface area (Å²) >= 11 is 0. The van der Waals surface area contributed by atoms with Crippen LogP contribution in [-0.2, 0) is 14.1 Å². The van der Waals surface area contributed by atoms with Crippen molar-refractivity contribution >= 4 is 16.6 Å². The van der Waals surface area contributed by atoms with Gasteiger partial charge in [-0.05, 0) is 59.7 Å². The second-order valence-electron chi connectivity index (χ2n) is 9.07. The van der Waals surface area contributed by atoms with Crippen molar-refractivity contribution in [3.8, 4) is 34.2 Å². The Balaban J connectivity index is 1.82. The van der Waals surface area contributed by atoms with Crippen LogP contribution < -0.4 is 21.3 Å². The van der Waals surface area contributed by atoms with Crippen LogP contribution in [0.2, 0.25) is 0 Å². The first-order chi connectivity index (χ1) is 17.8. The Bertz CT molecular complexity index is 1830. The van der Waals surface area contributed by atoms with Gasteiger partial charge in [0.2, 0.25) is 0 Å². The molecule has 0 amide bonds. The van der Waals surface area contributed by atoms with Crippen molar-refractivity contribution < 1.29 is 14.9 Å². The first-order valence-corrected chi connectivity index (χ1v) is 11.7. The third-order valence-corrected chi connectivity index (χ3v) is 7.02. The Hall–Kier alpha value is -4.92. The number of phenols is 2. The minimum atomic E-state index is -0.548. The van der Waals surface area contributed by atoms with Gasteiger partial charge in [-0.15, -0.1) is 0 Å². The van der Waals surface area contributed by atoms with Crippen molar-refractivity contribution in [2.24, 2.45) is 14.1 Å². The highest BCUT2D eigenvalue weighted by atomic mass is 16.5. The second kappa shape index (κ2) is 8.06. The highest BCUT2D eigenvalue weighted by molar-refractivity contribution is 5.99. The van der Waals surface area contributed by atoms with Gasteiger partial charge in [0.1, 0.15) is 5.75 Å². The molecular weight excluding hydrogens is 472 g/mol. The SMILES string of the molecule is COc1ccc(-c2c3c(=O)n(C)c(=O)n(C)c3c3n2-c2ccccc2N[C@H]3c2ccc(O)c(O)c2)cc1. The zero-order valence-electron chi connectivity index (χ0n) is 20.4. The second-order valence-corrected chi connectivity index (χ2v) is 9.07. The number of methoxy groups -OCH3 is 1. The molecule has 0 unspecified atom stereocenters. The smallest absolute Gasteiger partial charge is 0.331 e. The fourth-order valence-corrected chi connectivity index (χ4v) is 5.21. The van der Waals surface area contributed by atoms with Crippen LogP contribution in [-0.4, -0.2) is 31.0 Å². The molecule has 6 rings (SSSR count). The van der Waals surface area contributed by atoms with E-state index in [0.29, 0.717) is 33.6 Å². The number of ether oxygens (including phenoxy) is 1. The molecule has 5 aromatic rings. The number of phenolic OH excluding ortho intramolecular Hbond substituents is 2. The molecule has 3 aromatic carbocycles. The quantitative estimate of drug-likeness (QED) is 0.329. The van der Waals surface area contributed by atoms with Crippen molar-refractivity contribution in [1.82, 2.24) is 13.7 Å². The molecule has 0 fully saturated rings. The number of benzene rings is 3. The minimum Gasteiger partial charge on any atom is -0.504 e. The largest absolute Gasteiger partial charge is 0.504 e. The number of aromatic nitrogens is 3. The van der Waals surface area contributed by atoms with Crippen molar-refractivity contribution in [3.05, 3.63) is 98.8 Å². The summed E-state index contributed by atoms with van der Waals surface area (Å²) in [4.78, 5) is 26.8. The van der Waals surface area contributed by atoms with Crippen LogP contribution in [0.5, 0.6) is 17.2 Å². The Morgan fingerprint density at radius 2 is 1.62 bits per heavy atom. The number of aromatic hydroxyl groups is 2. The number of hydrogen-bond acceptors (Lipinski definition) is 6. The molecule has 1 aliphatic rings. The summed E-state index contributed by atoms with van der Waals surface area (Å²) in [6, 6.07) is 19.2. The average molecular weight is 497 g/mol. The number of aryl methyl sites for hydroxylation is 1. The minimum absolute atomic E-state index is 0.236. The van der Waals surface area contributed by atoms with E-state index in [1.165, 1.54) is 23.7 Å². The molecule has 0 radical (unpaired) electrons. The normalized spacial score (nSPS) is 14.2. The maximum Gasteiger partial charge on any atom is 0.331 e. The van der Waals surface area contributed by atoms with Crippen LogP contribution in [0.1, 0.15) is 17.3 Å². The maximum absolute atomic E-state index is 13.7. The molecule has 0 bridgehead atoms. The highest BCUT2D eigenvalue weighted by Gasteiger charge is 2.35. The van der Waals surface area contributed by atoms with Crippen LogP contribution in [0.4, 0.5) is 5.69 Å². The number of rotatable bonds is 3. The molecular formula is C28H24N4O5. The van der Waals surface area contributed by atoms with Gasteiger partial charge in [-0.3, -0.25) is 13.9 Å². The number of nitrogens with zero attached hydrogens (tertiary/aromatic N) is 3. The predicted octanol–water partition coefficient (Wildman–Crippen LogP) is 3.63. The lowest BCUT2D eigenvalue weighted by Gasteiger charge is -2.31. The van der Waals surface area contributed by atoms with Gasteiger partial charge in [-0.2, -0.15) is 0 Å². The first-order valence-electron chi connectivity index (χ1n) is 11.7. The molecule has 3 heterocycles. The van der Waals surface area contributed by atoms with E-state index in [1.54, 1.807) is 20.2 Å². The van der Waals surface area contributed by atoms with E-state index in [2.05, 4.69) is 5.32 Å². The van der Waals surface area contributed by atoms with E-state index < -0.39 is 17.3 Å². The molecule has 37 heavy (non-hydrogen) atoms. The fourth-order valence-electron chi connectivity index (χ4n) is 5.21. The fraction of sp³-hybridized carbons (Fsp3) is 0.143. The summed E-state index contributed by atoms with van der Waals surface area (Å²) in [5.74, 6) is 0.180. The van der Waals surface area contributed by atoms with Crippen molar-refractivity contribution in [2.45, 2.75) is 6.04 Å². The molecule has 1 atom stereocenters. The van der Waals surface area contributed by atoms with Crippen molar-refractivity contribution in [2.75, 3.05) is 12.4 Å². The molecule has 0 spiro atoms. The molecule has 9 heteroatoms. The van der Waals surface area contributed by atoms with Crippen LogP contribution in [0.25, 0.3) is 27.8 Å². The van der Waals surface area contributed by atoms with Crippen molar-refractivity contribution in [3.63, 3.8) is 0 Å². The summed E-state index contributed by atoms with van der Waals surface area (Å²) in [5, 5.41) is 24.1. The summed E-state index contributed by atoms with van der Waals surface area (Å²) in [5.41, 5.74) is 3.99. The summed E-state index contributed by atoms with van der Waals surface area (Å²) < 4.78 is 9.95. The van der Waals surface area contributed by atoms with Gasteiger partial charge >= 0.3 is 5.69 Å². The lowest BCUT2D eigenvalue weighted by molar-refractivity contribution is 0.403. The standard InChI is InChI=1S/C28H24N4O5/c1-30-25-22(27(35)31(2)28(30)36)24(15-8-11-17(37-3)12-9-15)32-19-7-5-4-6-18(19)29-23(26(25)32)16-10-13-20(33)21(34)14-16/h4-14,23,29,33-34H,1-3H3/t23-/m0/s1. The van der Waals surface area contributed by atoms with Gasteiger partial charge in [0.15, 0.2) is 11.5 Å². The zero-order chi connectivity index (χ0) is 26.0. The van der Waals surface area contributed by atoms with Gasteiger partial charge < -0.3 is 24.8 Å². The van der Waals surface area contributed by atoms with E-state index in [-0.39, 0.29) is 11.5 Å². The Kier molecular flexibility index (Phi) is 4.91. The van der Waals surface area contributed by atoms with Crippen LogP contribution in [0, 0.1) is 0 Å². The third kappa shape index (κ3) is 3.17. The average Bonchev–Trinajstić information content (AvgIpc) is 3.28. The zero-order valence-corrected chi connectivity index (χ0v) is 20.4. The number of fused-ring (bicyclic) bond motifs is 5. The molecule has 0 aliphatic carbocycles. The van der Waals surface area contributed by atoms with Crippen molar-refractivity contribution in [1.29, 1.82) is 0 Å². The summed E-state index contributed by atoms with van der Waals surface area (Å²) in [7, 11) is 4.71. The lowest BCUT2D eigenvalue weighted by Crippen LogP contribution is -2.37. The number of anilines is 1. The first kappa shape index (κ1) is 22.5. The van der Waals surface area contributed by atoms with Gasteiger partial charge in [-0.1, -0.05) is 18.2 Å². The highest BCUT2D eigenvalue weighted by Crippen LogP contribution is 2.46. The summed E-state index contributed by atoms with van der Waals surface area (Å²) in [6.45, 7) is 0. The van der Waals surface area contributed by atoms with Gasteiger partial charge in [0, 0.05) is 14.1 Å². The van der Waals surface area contributed by atoms with E-state index in [0.717, 1.165) is 21.5 Å². The van der Waals surface area contributed by atoms with Gasteiger partial charge in [0.05, 0.1) is 46.8 Å². The predicted molar refractivity (Wildman–Crippen MR) is 141 cm³/mol. The van der Waals surface area contributed by atoms with Crippen LogP contribution >= 0.6 is 0 Å².